The summed E-state index contributed by atoms with van der Waals surface area (Å²) in [7, 11) is 3.45. The number of carbonyl (C=O) groups is 1. The van der Waals surface area contributed by atoms with Crippen LogP contribution in [0.4, 0.5) is 0 Å². The molecule has 1 amide bonds. The number of benzene rings is 1. The van der Waals surface area contributed by atoms with Gasteiger partial charge in [0, 0.05) is 25.1 Å². The molecule has 0 saturated carbocycles. The highest BCUT2D eigenvalue weighted by molar-refractivity contribution is 5.76. The quantitative estimate of drug-likeness (QED) is 0.752. The van der Waals surface area contributed by atoms with E-state index < -0.39 is 0 Å². The number of ether oxygens (including phenoxy) is 1. The first-order chi connectivity index (χ1) is 7.77. The van der Waals surface area contributed by atoms with Gasteiger partial charge in [0.25, 0.3) is 0 Å². The molecule has 0 radical (unpaired) electrons. The molecule has 0 aromatic heterocycles. The number of para-hydroxylation sites is 1. The molecule has 4 nitrogen and oxygen atoms in total. The molecular weight excluding hydrogens is 204 g/mol. The summed E-state index contributed by atoms with van der Waals surface area (Å²) in [5, 5.41) is 5.78. The average Bonchev–Trinajstić information content (AvgIpc) is 2.34. The molecular formula is C12H18N2O2. The molecule has 0 spiro atoms. The van der Waals surface area contributed by atoms with E-state index in [2.05, 4.69) is 10.6 Å². The number of amides is 1. The maximum atomic E-state index is 11.4. The second-order valence-electron chi connectivity index (χ2n) is 3.44. The van der Waals surface area contributed by atoms with Gasteiger partial charge in [-0.3, -0.25) is 4.79 Å². The van der Waals surface area contributed by atoms with Crippen molar-refractivity contribution >= 4 is 5.91 Å². The third-order valence-corrected chi connectivity index (χ3v) is 2.27. The molecule has 4 heteroatoms. The van der Waals surface area contributed by atoms with Crippen molar-refractivity contribution in [3.05, 3.63) is 29.8 Å². The van der Waals surface area contributed by atoms with Crippen molar-refractivity contribution in [3.8, 4) is 5.75 Å². The van der Waals surface area contributed by atoms with E-state index in [1.807, 2.05) is 31.3 Å². The van der Waals surface area contributed by atoms with Crippen LogP contribution in [0, 0.1) is 0 Å². The molecule has 0 aliphatic heterocycles. The van der Waals surface area contributed by atoms with E-state index in [0.29, 0.717) is 19.5 Å². The van der Waals surface area contributed by atoms with Crippen LogP contribution in [0.5, 0.6) is 5.75 Å². The first-order valence-corrected chi connectivity index (χ1v) is 5.31. The molecule has 0 aliphatic rings. The highest BCUT2D eigenvalue weighted by atomic mass is 16.5. The largest absolute Gasteiger partial charge is 0.496 e. The monoisotopic (exact) mass is 222 g/mol. The van der Waals surface area contributed by atoms with Gasteiger partial charge >= 0.3 is 0 Å². The Labute approximate surface area is 96.0 Å². The van der Waals surface area contributed by atoms with Crippen LogP contribution in [0.15, 0.2) is 24.3 Å². The van der Waals surface area contributed by atoms with Crippen LogP contribution >= 0.6 is 0 Å². The van der Waals surface area contributed by atoms with Crippen LogP contribution in [-0.2, 0) is 11.3 Å². The van der Waals surface area contributed by atoms with Gasteiger partial charge in [0.05, 0.1) is 7.11 Å². The minimum absolute atomic E-state index is 0.0419. The zero-order valence-electron chi connectivity index (χ0n) is 9.75. The van der Waals surface area contributed by atoms with E-state index in [4.69, 9.17) is 4.74 Å². The van der Waals surface area contributed by atoms with E-state index >= 15 is 0 Å². The molecule has 1 aromatic rings. The van der Waals surface area contributed by atoms with Crippen molar-refractivity contribution in [3.63, 3.8) is 0 Å². The van der Waals surface area contributed by atoms with Gasteiger partial charge in [0.1, 0.15) is 5.75 Å². The fourth-order valence-corrected chi connectivity index (χ4v) is 1.37. The molecule has 2 N–H and O–H groups in total. The van der Waals surface area contributed by atoms with Crippen LogP contribution in [0.1, 0.15) is 12.0 Å². The number of hydrogen-bond acceptors (Lipinski definition) is 3. The zero-order chi connectivity index (χ0) is 11.8. The van der Waals surface area contributed by atoms with Gasteiger partial charge < -0.3 is 15.4 Å². The van der Waals surface area contributed by atoms with Crippen molar-refractivity contribution in [2.75, 3.05) is 20.7 Å². The Hall–Kier alpha value is -1.55. The summed E-state index contributed by atoms with van der Waals surface area (Å²) in [5.74, 6) is 0.844. The lowest BCUT2D eigenvalue weighted by molar-refractivity contribution is -0.121. The summed E-state index contributed by atoms with van der Waals surface area (Å²) in [5.41, 5.74) is 0.989. The maximum absolute atomic E-state index is 11.4. The molecule has 0 unspecified atom stereocenters. The smallest absolute Gasteiger partial charge is 0.221 e. The Morgan fingerprint density at radius 1 is 1.38 bits per heavy atom. The molecule has 0 aliphatic carbocycles. The maximum Gasteiger partial charge on any atom is 0.221 e. The van der Waals surface area contributed by atoms with E-state index in [1.54, 1.807) is 7.11 Å². The van der Waals surface area contributed by atoms with Crippen LogP contribution in [0.25, 0.3) is 0 Å². The van der Waals surface area contributed by atoms with E-state index in [1.165, 1.54) is 0 Å². The van der Waals surface area contributed by atoms with Crippen molar-refractivity contribution in [1.82, 2.24) is 10.6 Å². The molecule has 16 heavy (non-hydrogen) atoms. The Morgan fingerprint density at radius 3 is 2.81 bits per heavy atom. The summed E-state index contributed by atoms with van der Waals surface area (Å²) in [6.07, 6.45) is 0.492. The van der Waals surface area contributed by atoms with Crippen molar-refractivity contribution in [1.29, 1.82) is 0 Å². The van der Waals surface area contributed by atoms with Gasteiger partial charge in [-0.1, -0.05) is 18.2 Å². The van der Waals surface area contributed by atoms with Crippen molar-refractivity contribution in [2.24, 2.45) is 0 Å². The summed E-state index contributed by atoms with van der Waals surface area (Å²) < 4.78 is 5.20. The molecule has 0 heterocycles. The Morgan fingerprint density at radius 2 is 2.12 bits per heavy atom. The van der Waals surface area contributed by atoms with Gasteiger partial charge in [-0.15, -0.1) is 0 Å². The lowest BCUT2D eigenvalue weighted by Gasteiger charge is -2.09. The van der Waals surface area contributed by atoms with Gasteiger partial charge in [-0.2, -0.15) is 0 Å². The number of hydrogen-bond donors (Lipinski definition) is 2. The topological polar surface area (TPSA) is 50.4 Å². The number of methoxy groups -OCH3 is 1. The normalized spacial score (nSPS) is 9.88. The number of carbonyl (C=O) groups excluding carboxylic acids is 1. The molecule has 0 bridgehead atoms. The first kappa shape index (κ1) is 12.5. The highest BCUT2D eigenvalue weighted by Crippen LogP contribution is 2.16. The molecule has 0 atom stereocenters. The minimum atomic E-state index is 0.0419. The first-order valence-electron chi connectivity index (χ1n) is 5.31. The van der Waals surface area contributed by atoms with Crippen LogP contribution < -0.4 is 15.4 Å². The Kier molecular flexibility index (Phi) is 5.36. The number of nitrogens with one attached hydrogen (secondary N) is 2. The van der Waals surface area contributed by atoms with Gasteiger partial charge in [-0.05, 0) is 13.1 Å². The molecule has 1 aromatic carbocycles. The number of rotatable bonds is 6. The zero-order valence-corrected chi connectivity index (χ0v) is 9.75. The Balaban J connectivity index is 2.44. The summed E-state index contributed by atoms with van der Waals surface area (Å²) in [4.78, 5) is 11.4. The van der Waals surface area contributed by atoms with Gasteiger partial charge in [0.2, 0.25) is 5.91 Å². The molecule has 0 saturated heterocycles. The summed E-state index contributed by atoms with van der Waals surface area (Å²) in [6, 6.07) is 7.66. The predicted octanol–water partition coefficient (Wildman–Crippen LogP) is 0.921. The van der Waals surface area contributed by atoms with Crippen molar-refractivity contribution in [2.45, 2.75) is 13.0 Å². The van der Waals surface area contributed by atoms with Gasteiger partial charge in [0.15, 0.2) is 0 Å². The second kappa shape index (κ2) is 6.85. The average molecular weight is 222 g/mol. The fourth-order valence-electron chi connectivity index (χ4n) is 1.37. The van der Waals surface area contributed by atoms with E-state index in [0.717, 1.165) is 11.3 Å². The minimum Gasteiger partial charge on any atom is -0.496 e. The summed E-state index contributed by atoms with van der Waals surface area (Å²) >= 11 is 0. The fraction of sp³-hybridized carbons (Fsp3) is 0.417. The standard InChI is InChI=1S/C12H18N2O2/c1-13-8-7-12(15)14-9-10-5-3-4-6-11(10)16-2/h3-6,13H,7-9H2,1-2H3,(H,14,15). The predicted molar refractivity (Wildman–Crippen MR) is 63.4 cm³/mol. The van der Waals surface area contributed by atoms with Gasteiger partial charge in [-0.25, -0.2) is 0 Å². The second-order valence-corrected chi connectivity index (χ2v) is 3.44. The molecule has 1 rings (SSSR count). The SMILES string of the molecule is CNCCC(=O)NCc1ccccc1OC. The van der Waals surface area contributed by atoms with Crippen molar-refractivity contribution < 1.29 is 9.53 Å². The third-order valence-electron chi connectivity index (χ3n) is 2.27. The third kappa shape index (κ3) is 3.90. The lowest BCUT2D eigenvalue weighted by Crippen LogP contribution is -2.26. The van der Waals surface area contributed by atoms with E-state index in [-0.39, 0.29) is 5.91 Å². The molecule has 0 fully saturated rings. The lowest BCUT2D eigenvalue weighted by atomic mass is 10.2. The highest BCUT2D eigenvalue weighted by Gasteiger charge is 2.03. The van der Waals surface area contributed by atoms with Crippen LogP contribution in [-0.4, -0.2) is 26.6 Å². The summed E-state index contributed by atoms with van der Waals surface area (Å²) in [6.45, 7) is 1.20. The Bertz CT molecular complexity index is 340. The molecule has 88 valence electrons. The van der Waals surface area contributed by atoms with E-state index in [9.17, 15) is 4.79 Å². The van der Waals surface area contributed by atoms with Crippen LogP contribution in [0.3, 0.4) is 0 Å². The van der Waals surface area contributed by atoms with Crippen LogP contribution in [0.2, 0.25) is 0 Å².